The number of anilines is 8. The number of furan rings is 3. The van der Waals surface area contributed by atoms with E-state index in [9.17, 15) is 0 Å². The minimum absolute atomic E-state index is 0.355. The average molecular weight is 2180 g/mol. The fourth-order valence-electron chi connectivity index (χ4n) is 18.3. The summed E-state index contributed by atoms with van der Waals surface area (Å²) in [6, 6.07) is 166. The number of para-hydroxylation sites is 9. The molecule has 14 heteroatoms. The van der Waals surface area contributed by atoms with Crippen LogP contribution >= 0.6 is 86.3 Å². The summed E-state index contributed by atoms with van der Waals surface area (Å²) in [6.07, 6.45) is 0. The third kappa shape index (κ3) is 20.0. The molecule has 1 N–H and O–H groups in total. The van der Waals surface area contributed by atoms with E-state index in [1.807, 2.05) is 78.9 Å². The summed E-state index contributed by atoms with van der Waals surface area (Å²) >= 11 is 16.5. The summed E-state index contributed by atoms with van der Waals surface area (Å²) in [5.41, 5.74) is 25.8. The van der Waals surface area contributed by atoms with Gasteiger partial charge in [-0.1, -0.05) is 355 Å². The highest BCUT2D eigenvalue weighted by atomic mass is 127. The summed E-state index contributed by atoms with van der Waals surface area (Å²) in [5, 5.41) is 17.5. The van der Waals surface area contributed by atoms with Crippen molar-refractivity contribution in [3.63, 3.8) is 0 Å². The minimum Gasteiger partial charge on any atom is -0.456 e. The Labute approximate surface area is 861 Å². The molecule has 140 heavy (non-hydrogen) atoms. The van der Waals surface area contributed by atoms with Crippen molar-refractivity contribution in [1.82, 2.24) is 0 Å². The van der Waals surface area contributed by atoms with Crippen LogP contribution in [0.1, 0.15) is 27.7 Å². The van der Waals surface area contributed by atoms with Crippen molar-refractivity contribution in [2.75, 3.05) is 15.1 Å². The zero-order chi connectivity index (χ0) is 95.4. The van der Waals surface area contributed by atoms with Crippen molar-refractivity contribution >= 4 is 243 Å². The van der Waals surface area contributed by atoms with E-state index in [-0.39, 0.29) is 11.2 Å². The van der Waals surface area contributed by atoms with E-state index in [0.29, 0.717) is 0 Å². The van der Waals surface area contributed by atoms with Gasteiger partial charge in [-0.2, -0.15) is 0 Å². The molecule has 3 aromatic heterocycles. The molecule has 0 radical (unpaired) electrons. The summed E-state index contributed by atoms with van der Waals surface area (Å²) in [7, 11) is -0.408. The van der Waals surface area contributed by atoms with Gasteiger partial charge in [0, 0.05) is 116 Å². The molecule has 1 saturated heterocycles. The second-order valence-corrected chi connectivity index (χ2v) is 40.6. The predicted molar refractivity (Wildman–Crippen MR) is 612 cm³/mol. The van der Waals surface area contributed by atoms with E-state index in [2.05, 4.69) is 523 Å². The summed E-state index contributed by atoms with van der Waals surface area (Å²) < 4.78 is 37.1. The van der Waals surface area contributed by atoms with Gasteiger partial charge >= 0.3 is 7.12 Å². The Bertz CT molecular complexity index is 8450. The summed E-state index contributed by atoms with van der Waals surface area (Å²) in [5.74, 6) is 0. The van der Waals surface area contributed by atoms with Gasteiger partial charge < -0.3 is 37.7 Å². The van der Waals surface area contributed by atoms with E-state index in [1.165, 1.54) is 58.1 Å². The number of halogens is 5. The third-order valence-electron chi connectivity index (χ3n) is 25.9. The van der Waals surface area contributed by atoms with Gasteiger partial charge in [-0.05, 0) is 309 Å². The van der Waals surface area contributed by atoms with Gasteiger partial charge in [0.1, 0.15) is 33.5 Å². The number of hydrogen-bond acceptors (Lipinski definition) is 8. The molecule has 4 heterocycles. The van der Waals surface area contributed by atoms with Crippen LogP contribution in [0.4, 0.5) is 45.5 Å². The van der Waals surface area contributed by atoms with Crippen LogP contribution in [0.25, 0.3) is 154 Å². The van der Waals surface area contributed by atoms with Crippen LogP contribution in [0.5, 0.6) is 0 Å². The van der Waals surface area contributed by atoms with Crippen LogP contribution in [0.3, 0.4) is 0 Å². The Morgan fingerprint density at radius 2 is 0.550 bits per heavy atom. The molecule has 678 valence electrons. The number of fused-ring (bicyclic) bond motifs is 12. The fourth-order valence-corrected chi connectivity index (χ4v) is 21.3. The maximum Gasteiger partial charge on any atom is 0.498 e. The average Bonchev–Trinajstić information content (AvgIpc) is 1.60. The highest BCUT2D eigenvalue weighted by molar-refractivity contribution is 14.1. The molecule has 0 saturated carbocycles. The van der Waals surface area contributed by atoms with Crippen molar-refractivity contribution in [2.24, 2.45) is 0 Å². The lowest BCUT2D eigenvalue weighted by molar-refractivity contribution is 0.00578. The number of nitrogens with zero attached hydrogens (tertiary/aromatic N) is 2. The Morgan fingerprint density at radius 1 is 0.236 bits per heavy atom. The number of nitrogens with one attached hydrogen (secondary N) is 1. The molecule has 0 atom stereocenters. The quantitative estimate of drug-likeness (QED) is 0.0853. The molecule has 8 nitrogen and oxygen atoms in total. The maximum absolute atomic E-state index is 6.57. The molecular formula is C126H91BBr4IN3O5. The minimum atomic E-state index is -0.408. The molecule has 0 unspecified atom stereocenters. The molecule has 1 aliphatic rings. The lowest BCUT2D eigenvalue weighted by atomic mass is 9.78. The molecule has 0 bridgehead atoms. The molecule has 1 fully saturated rings. The maximum atomic E-state index is 6.57. The van der Waals surface area contributed by atoms with Crippen molar-refractivity contribution in [1.29, 1.82) is 0 Å². The van der Waals surface area contributed by atoms with Crippen LogP contribution in [0.2, 0.25) is 0 Å². The van der Waals surface area contributed by atoms with E-state index in [1.54, 1.807) is 0 Å². The van der Waals surface area contributed by atoms with Crippen LogP contribution in [-0.4, -0.2) is 18.3 Å². The Hall–Kier alpha value is -14.2. The standard InChI is InChI=1S/C52H33NO2.C28H19Br2N.C18H19BO3.C16H13N.C12H7Br2I/c1-2-14-40(15-3-1)53(42-29-26-34-12-4-5-13-36(34)33-42)41-27-24-35(25-28-41)37-30-38(43-18-10-20-47-45-16-6-8-22-49(45)54-51(43)47)32-39(31-37)44-19-11-21-48-46-17-7-9-23-50(46)55-52(44)48;29-24-16-23(17-25(30)19-24)21-10-13-27(14-11-21)31(26-8-2-1-3-9-26)28-15-12-20-6-4-5-7-22(20)18-28;1-17(2)18(3,4)22-19(21-17)14-10-7-9-13-12-8-5-6-11-15(12)20-16(13)14;1-2-8-15(9-3-1)17-16-11-10-13-6-4-5-7-14(13)12-16;13-10-5-9(6-11(14)7-10)8-1-3-12(15)4-2-8/h1-33H;1-19H;5-11H,1-4H3;1-12,17H;1-7H. The Kier molecular flexibility index (Phi) is 26.8. The highest BCUT2D eigenvalue weighted by Gasteiger charge is 2.52. The van der Waals surface area contributed by atoms with Crippen LogP contribution in [0, 0.1) is 3.57 Å². The summed E-state index contributed by atoms with van der Waals surface area (Å²) in [4.78, 5) is 4.62. The first-order valence-electron chi connectivity index (χ1n) is 46.5. The normalized spacial score (nSPS) is 12.5. The highest BCUT2D eigenvalue weighted by Crippen LogP contribution is 2.47. The summed E-state index contributed by atoms with van der Waals surface area (Å²) in [6.45, 7) is 8.25. The first-order valence-corrected chi connectivity index (χ1v) is 50.7. The molecule has 0 amide bonds. The predicted octanol–water partition coefficient (Wildman–Crippen LogP) is 38.6. The number of benzene rings is 21. The first-order chi connectivity index (χ1) is 68.4. The van der Waals surface area contributed by atoms with Gasteiger partial charge in [0.25, 0.3) is 0 Å². The molecule has 24 aromatic rings. The van der Waals surface area contributed by atoms with E-state index >= 15 is 0 Å². The molecule has 0 aliphatic carbocycles. The smallest absolute Gasteiger partial charge is 0.456 e. The van der Waals surface area contributed by atoms with Gasteiger partial charge in [0.05, 0.1) is 11.2 Å². The molecule has 25 rings (SSSR count). The van der Waals surface area contributed by atoms with E-state index in [4.69, 9.17) is 22.6 Å². The van der Waals surface area contributed by atoms with Crippen molar-refractivity contribution in [3.8, 4) is 55.6 Å². The van der Waals surface area contributed by atoms with Gasteiger partial charge in [0.2, 0.25) is 0 Å². The SMILES string of the molecule is Brc1cc(Br)cc(-c2ccc(I)cc2)c1.Brc1cc(Br)cc(-c2ccc(N(c3ccccc3)c3ccc4ccccc4c3)cc2)c1.CC1(C)OB(c2cccc3c2oc2ccccc23)OC1(C)C.c1ccc(N(c2ccc(-c3cc(-c4cccc5c4oc4ccccc45)cc(-c4cccc5c4oc4ccccc45)c3)cc2)c2ccc3ccccc3c2)cc1.c1ccc(Nc2ccc3ccccc3c2)cc1. The largest absolute Gasteiger partial charge is 0.498 e. The monoisotopic (exact) mass is 2180 g/mol. The lowest BCUT2D eigenvalue weighted by Gasteiger charge is -2.32. The zero-order valence-corrected chi connectivity index (χ0v) is 85.4. The molecule has 0 spiro atoms. The van der Waals surface area contributed by atoms with Gasteiger partial charge in [-0.15, -0.1) is 0 Å². The van der Waals surface area contributed by atoms with Crippen LogP contribution in [-0.2, 0) is 9.31 Å². The van der Waals surface area contributed by atoms with E-state index < -0.39 is 7.12 Å². The molecule has 21 aromatic carbocycles. The van der Waals surface area contributed by atoms with Gasteiger partial charge in [-0.25, -0.2) is 0 Å². The lowest BCUT2D eigenvalue weighted by Crippen LogP contribution is -2.41. The van der Waals surface area contributed by atoms with Crippen molar-refractivity contribution in [2.45, 2.75) is 38.9 Å². The van der Waals surface area contributed by atoms with Gasteiger partial charge in [0.15, 0.2) is 0 Å². The van der Waals surface area contributed by atoms with Crippen LogP contribution < -0.4 is 20.6 Å². The Morgan fingerprint density at radius 3 is 0.979 bits per heavy atom. The second-order valence-electron chi connectivity index (χ2n) is 35.6. The molecule has 1 aliphatic heterocycles. The van der Waals surface area contributed by atoms with Crippen molar-refractivity contribution < 1.29 is 22.6 Å². The first kappa shape index (κ1) is 92.2. The molecular weight excluding hydrogens is 2090 g/mol. The Balaban J connectivity index is 0.000000115. The van der Waals surface area contributed by atoms with E-state index in [0.717, 1.165) is 168 Å². The van der Waals surface area contributed by atoms with Crippen molar-refractivity contribution in [3.05, 3.63) is 495 Å². The third-order valence-corrected chi connectivity index (χ3v) is 28.5. The van der Waals surface area contributed by atoms with Gasteiger partial charge in [-0.3, -0.25) is 0 Å². The number of rotatable bonds is 14. The zero-order valence-electron chi connectivity index (χ0n) is 76.9. The number of hydrogen-bond donors (Lipinski definition) is 1. The fraction of sp³-hybridized carbons (Fsp3) is 0.0476. The van der Waals surface area contributed by atoms with Crippen LogP contribution in [0.15, 0.2) is 504 Å². The topological polar surface area (TPSA) is 76.4 Å². The second kappa shape index (κ2) is 40.7.